The van der Waals surface area contributed by atoms with Crippen molar-refractivity contribution in [1.82, 2.24) is 4.90 Å². The number of nitrogens with zero attached hydrogens (tertiary/aromatic N) is 1. The van der Waals surface area contributed by atoms with Gasteiger partial charge in [-0.25, -0.2) is 4.79 Å². The molecule has 6 heteroatoms. The van der Waals surface area contributed by atoms with Crippen molar-refractivity contribution < 1.29 is 19.8 Å². The highest BCUT2D eigenvalue weighted by molar-refractivity contribution is 8.03. The molecule has 0 aromatic heterocycles. The van der Waals surface area contributed by atoms with Crippen LogP contribution in [0.25, 0.3) is 0 Å². The fourth-order valence-corrected chi connectivity index (χ4v) is 2.66. The number of hydrogen-bond donors (Lipinski definition) is 2. The molecule has 1 fully saturated rings. The van der Waals surface area contributed by atoms with Crippen LogP contribution < -0.4 is 0 Å². The van der Waals surface area contributed by atoms with Crippen LogP contribution >= 0.6 is 11.8 Å². The fourth-order valence-electron chi connectivity index (χ4n) is 1.45. The molecule has 70 valence electrons. The van der Waals surface area contributed by atoms with Gasteiger partial charge in [-0.05, 0) is 0 Å². The van der Waals surface area contributed by atoms with Crippen molar-refractivity contribution in [2.75, 3.05) is 6.61 Å². The number of amides is 1. The number of hydrogen-bond acceptors (Lipinski definition) is 4. The van der Waals surface area contributed by atoms with E-state index in [9.17, 15) is 9.59 Å². The van der Waals surface area contributed by atoms with Crippen LogP contribution in [0.3, 0.4) is 0 Å². The molecule has 0 aliphatic carbocycles. The Labute approximate surface area is 78.0 Å². The number of aliphatic hydroxyl groups is 1. The van der Waals surface area contributed by atoms with Gasteiger partial charge in [0.15, 0.2) is 0 Å². The summed E-state index contributed by atoms with van der Waals surface area (Å²) < 4.78 is 0. The maximum atomic E-state index is 11.2. The molecule has 2 N–H and O–H groups in total. The number of carbonyl (C=O) groups is 2. The van der Waals surface area contributed by atoms with Crippen LogP contribution in [0.5, 0.6) is 0 Å². The predicted octanol–water partition coefficient (Wildman–Crippen LogP) is -0.564. The zero-order chi connectivity index (χ0) is 9.59. The third-order valence-corrected chi connectivity index (χ3v) is 3.33. The lowest BCUT2D eigenvalue weighted by molar-refractivity contribution is -0.153. The first-order valence-electron chi connectivity index (χ1n) is 3.69. The topological polar surface area (TPSA) is 77.8 Å². The van der Waals surface area contributed by atoms with E-state index in [-0.39, 0.29) is 23.6 Å². The maximum absolute atomic E-state index is 11.2. The molecule has 0 saturated carbocycles. The van der Waals surface area contributed by atoms with Gasteiger partial charge in [0.05, 0.1) is 12.5 Å². The summed E-state index contributed by atoms with van der Waals surface area (Å²) in [6, 6.07) is 0. The normalized spacial score (nSPS) is 31.0. The van der Waals surface area contributed by atoms with E-state index in [1.54, 1.807) is 0 Å². The molecule has 0 aromatic rings. The third-order valence-electron chi connectivity index (χ3n) is 2.15. The van der Waals surface area contributed by atoms with Crippen molar-refractivity contribution in [1.29, 1.82) is 0 Å². The van der Waals surface area contributed by atoms with Gasteiger partial charge in [0.1, 0.15) is 11.1 Å². The lowest BCUT2D eigenvalue weighted by Gasteiger charge is -2.41. The molecule has 2 aliphatic rings. The maximum Gasteiger partial charge on any atom is 0.353 e. The number of rotatable bonds is 2. The van der Waals surface area contributed by atoms with Crippen LogP contribution in [0, 0.1) is 5.92 Å². The van der Waals surface area contributed by atoms with Crippen molar-refractivity contribution in [2.24, 2.45) is 5.92 Å². The second-order valence-corrected chi connectivity index (χ2v) is 3.82. The molecule has 2 atom stereocenters. The van der Waals surface area contributed by atoms with E-state index >= 15 is 0 Å². The Morgan fingerprint density at radius 3 is 2.92 bits per heavy atom. The summed E-state index contributed by atoms with van der Waals surface area (Å²) in [4.78, 5) is 23.0. The molecule has 1 unspecified atom stereocenters. The second-order valence-electron chi connectivity index (χ2n) is 2.83. The van der Waals surface area contributed by atoms with Crippen LogP contribution in [-0.4, -0.2) is 39.0 Å². The van der Waals surface area contributed by atoms with Crippen LogP contribution in [0.15, 0.2) is 11.1 Å². The van der Waals surface area contributed by atoms with E-state index in [2.05, 4.69) is 0 Å². The molecular formula is C7H7NO4S. The Bertz CT molecular complexity index is 314. The fraction of sp³-hybridized carbons (Fsp3) is 0.429. The molecule has 0 aromatic carbocycles. The van der Waals surface area contributed by atoms with Crippen LogP contribution in [0.2, 0.25) is 0 Å². The SMILES string of the molecule is O=C(O)C1=CS[C@H]2C(CO)C(=O)N12. The first-order chi connectivity index (χ1) is 6.16. The van der Waals surface area contributed by atoms with Gasteiger partial charge in [-0.1, -0.05) is 0 Å². The van der Waals surface area contributed by atoms with E-state index < -0.39 is 11.9 Å². The number of carboxylic acid groups (broad SMARTS) is 1. The summed E-state index contributed by atoms with van der Waals surface area (Å²) in [5, 5.41) is 18.7. The number of fused-ring (bicyclic) bond motifs is 1. The van der Waals surface area contributed by atoms with E-state index in [1.165, 1.54) is 22.1 Å². The summed E-state index contributed by atoms with van der Waals surface area (Å²) >= 11 is 1.27. The summed E-state index contributed by atoms with van der Waals surface area (Å²) in [7, 11) is 0. The molecular weight excluding hydrogens is 194 g/mol. The largest absolute Gasteiger partial charge is 0.477 e. The minimum atomic E-state index is -1.10. The van der Waals surface area contributed by atoms with Crippen molar-refractivity contribution >= 4 is 23.6 Å². The van der Waals surface area contributed by atoms with Gasteiger partial charge in [0.25, 0.3) is 0 Å². The molecule has 2 aliphatic heterocycles. The van der Waals surface area contributed by atoms with Gasteiger partial charge in [0.2, 0.25) is 5.91 Å². The summed E-state index contributed by atoms with van der Waals surface area (Å²) in [5.41, 5.74) is 0.0182. The van der Waals surface area contributed by atoms with Crippen molar-refractivity contribution in [3.05, 3.63) is 11.1 Å². The Balaban J connectivity index is 2.18. The first-order valence-corrected chi connectivity index (χ1v) is 4.64. The zero-order valence-electron chi connectivity index (χ0n) is 6.51. The first kappa shape index (κ1) is 8.58. The van der Waals surface area contributed by atoms with Crippen molar-refractivity contribution in [3.8, 4) is 0 Å². The number of thioether (sulfide) groups is 1. The van der Waals surface area contributed by atoms with Crippen LogP contribution in [0.1, 0.15) is 0 Å². The van der Waals surface area contributed by atoms with Crippen LogP contribution in [0.4, 0.5) is 0 Å². The monoisotopic (exact) mass is 201 g/mol. The van der Waals surface area contributed by atoms with E-state index in [1.807, 2.05) is 0 Å². The predicted molar refractivity (Wildman–Crippen MR) is 44.5 cm³/mol. The number of aliphatic carboxylic acids is 1. The lowest BCUT2D eigenvalue weighted by atomic mass is 9.99. The Hall–Kier alpha value is -1.01. The van der Waals surface area contributed by atoms with Gasteiger partial charge in [0, 0.05) is 5.41 Å². The minimum absolute atomic E-state index is 0.0182. The molecule has 1 amide bonds. The van der Waals surface area contributed by atoms with Gasteiger partial charge >= 0.3 is 5.97 Å². The molecule has 2 heterocycles. The van der Waals surface area contributed by atoms with Crippen molar-refractivity contribution in [3.63, 3.8) is 0 Å². The van der Waals surface area contributed by atoms with E-state index in [4.69, 9.17) is 10.2 Å². The molecule has 0 spiro atoms. The van der Waals surface area contributed by atoms with Crippen LogP contribution in [-0.2, 0) is 9.59 Å². The molecule has 1 saturated heterocycles. The number of β-lactam (4-membered cyclic amide) rings is 1. The smallest absolute Gasteiger partial charge is 0.353 e. The highest BCUT2D eigenvalue weighted by Gasteiger charge is 2.53. The molecule has 2 rings (SSSR count). The molecule has 0 bridgehead atoms. The zero-order valence-corrected chi connectivity index (χ0v) is 7.32. The second kappa shape index (κ2) is 2.74. The average Bonchev–Trinajstić information content (AvgIpc) is 2.45. The third kappa shape index (κ3) is 0.988. The van der Waals surface area contributed by atoms with Gasteiger partial charge < -0.3 is 10.2 Å². The Morgan fingerprint density at radius 2 is 2.38 bits per heavy atom. The molecule has 5 nitrogen and oxygen atoms in total. The highest BCUT2D eigenvalue weighted by atomic mass is 32.2. The number of carbonyl (C=O) groups excluding carboxylic acids is 1. The highest BCUT2D eigenvalue weighted by Crippen LogP contribution is 2.44. The van der Waals surface area contributed by atoms with Gasteiger partial charge in [-0.3, -0.25) is 9.69 Å². The average molecular weight is 201 g/mol. The minimum Gasteiger partial charge on any atom is -0.477 e. The summed E-state index contributed by atoms with van der Waals surface area (Å²) in [6.45, 7) is -0.215. The lowest BCUT2D eigenvalue weighted by Crippen LogP contribution is -2.58. The van der Waals surface area contributed by atoms with Gasteiger partial charge in [-0.15, -0.1) is 11.8 Å². The van der Waals surface area contributed by atoms with E-state index in [0.717, 1.165) is 0 Å². The van der Waals surface area contributed by atoms with E-state index in [0.29, 0.717) is 0 Å². The van der Waals surface area contributed by atoms with Crippen molar-refractivity contribution in [2.45, 2.75) is 5.37 Å². The number of aliphatic hydroxyl groups excluding tert-OH is 1. The number of carboxylic acids is 1. The Morgan fingerprint density at radius 1 is 1.69 bits per heavy atom. The standard InChI is InChI=1S/C7H7NO4S/c9-1-3-5(10)8-4(7(11)12)2-13-6(3)8/h2-3,6,9H,1H2,(H,11,12)/t3?,6-/m0/s1. The summed E-state index contributed by atoms with van der Waals surface area (Å²) in [6.07, 6.45) is 0. The molecule has 0 radical (unpaired) electrons. The Kier molecular flexibility index (Phi) is 1.81. The summed E-state index contributed by atoms with van der Waals surface area (Å²) in [5.74, 6) is -1.83. The quantitative estimate of drug-likeness (QED) is 0.585. The molecule has 13 heavy (non-hydrogen) atoms. The van der Waals surface area contributed by atoms with Gasteiger partial charge in [-0.2, -0.15) is 0 Å².